The molecule has 1 aliphatic heterocycles. The monoisotopic (exact) mass is 418 g/mol. The summed E-state index contributed by atoms with van der Waals surface area (Å²) in [5.41, 5.74) is 4.26. The number of carbonyl (C=O) groups is 2. The molecule has 1 aliphatic rings. The molecule has 0 amide bonds. The molecule has 0 N–H and O–H groups in total. The van der Waals surface area contributed by atoms with Gasteiger partial charge in [-0.3, -0.25) is 14.2 Å². The molecule has 1 aromatic heterocycles. The Hall–Kier alpha value is -3.28. The van der Waals surface area contributed by atoms with E-state index in [1.54, 1.807) is 22.8 Å². The first-order valence-corrected chi connectivity index (χ1v) is 10.7. The molecule has 3 aromatic rings. The molecule has 4 rings (SSSR count). The quantitative estimate of drug-likeness (QED) is 0.471. The fourth-order valence-corrected chi connectivity index (χ4v) is 4.10. The average molecular weight is 418 g/mol. The van der Waals surface area contributed by atoms with Crippen molar-refractivity contribution >= 4 is 22.7 Å². The number of aromatic nitrogens is 2. The normalized spacial score (nSPS) is 13.5. The van der Waals surface area contributed by atoms with Crippen molar-refractivity contribution in [2.45, 2.75) is 53.0 Å². The molecule has 0 aliphatic carbocycles. The van der Waals surface area contributed by atoms with Crippen molar-refractivity contribution < 1.29 is 14.3 Å². The number of hydrogen-bond donors (Lipinski definition) is 0. The highest BCUT2D eigenvalue weighted by molar-refractivity contribution is 6.01. The molecule has 2 aromatic carbocycles. The van der Waals surface area contributed by atoms with Crippen LogP contribution in [0, 0.1) is 20.8 Å². The smallest absolute Gasteiger partial charge is 0.338 e. The molecule has 0 atom stereocenters. The maximum absolute atomic E-state index is 12.8. The molecule has 0 saturated carbocycles. The number of rotatable bonds is 4. The van der Waals surface area contributed by atoms with Gasteiger partial charge >= 0.3 is 5.97 Å². The van der Waals surface area contributed by atoms with Crippen molar-refractivity contribution in [3.05, 3.63) is 74.3 Å². The number of aryl methyl sites for hydroxylation is 4. The summed E-state index contributed by atoms with van der Waals surface area (Å²) < 4.78 is 7.03. The van der Waals surface area contributed by atoms with Gasteiger partial charge in [0.1, 0.15) is 5.82 Å². The maximum atomic E-state index is 12.8. The van der Waals surface area contributed by atoms with Gasteiger partial charge < -0.3 is 4.74 Å². The van der Waals surface area contributed by atoms with Crippen LogP contribution in [0.4, 0.5) is 0 Å². The lowest BCUT2D eigenvalue weighted by Gasteiger charge is -2.11. The van der Waals surface area contributed by atoms with E-state index in [0.29, 0.717) is 23.0 Å². The molecular weight excluding hydrogens is 392 g/mol. The minimum Gasteiger partial charge on any atom is -0.454 e. The van der Waals surface area contributed by atoms with E-state index in [9.17, 15) is 14.4 Å². The zero-order valence-corrected chi connectivity index (χ0v) is 18.2. The van der Waals surface area contributed by atoms with Crippen LogP contribution in [0.5, 0.6) is 0 Å². The van der Waals surface area contributed by atoms with E-state index in [-0.39, 0.29) is 23.5 Å². The van der Waals surface area contributed by atoms with E-state index >= 15 is 0 Å². The van der Waals surface area contributed by atoms with Gasteiger partial charge in [-0.05, 0) is 74.6 Å². The SMILES string of the molecule is Cc1cc(C)c(C(=O)COC(=O)c2ccc3c(=O)n4c(nc3c2)CCCCC4)cc1C. The summed E-state index contributed by atoms with van der Waals surface area (Å²) in [5, 5.41) is 0.490. The molecule has 0 fully saturated rings. The van der Waals surface area contributed by atoms with E-state index in [2.05, 4.69) is 4.98 Å². The minimum absolute atomic E-state index is 0.0674. The molecule has 31 heavy (non-hydrogen) atoms. The molecule has 0 radical (unpaired) electrons. The van der Waals surface area contributed by atoms with Gasteiger partial charge in [-0.25, -0.2) is 9.78 Å². The number of Topliss-reactive ketones (excluding diaryl/α,β-unsaturated/α-hetero) is 1. The second kappa shape index (κ2) is 8.46. The Morgan fingerprint density at radius 3 is 2.58 bits per heavy atom. The predicted molar refractivity (Wildman–Crippen MR) is 119 cm³/mol. The highest BCUT2D eigenvalue weighted by Crippen LogP contribution is 2.18. The van der Waals surface area contributed by atoms with Crippen molar-refractivity contribution in [3.63, 3.8) is 0 Å². The van der Waals surface area contributed by atoms with Gasteiger partial charge in [0.15, 0.2) is 6.61 Å². The fourth-order valence-electron chi connectivity index (χ4n) is 4.10. The first-order chi connectivity index (χ1) is 14.8. The zero-order valence-electron chi connectivity index (χ0n) is 18.2. The molecule has 0 spiro atoms. The summed E-state index contributed by atoms with van der Waals surface area (Å²) in [4.78, 5) is 42.6. The number of carbonyl (C=O) groups excluding carboxylic acids is 2. The number of hydrogen-bond acceptors (Lipinski definition) is 5. The molecule has 0 bridgehead atoms. The van der Waals surface area contributed by atoms with Crippen molar-refractivity contribution in [3.8, 4) is 0 Å². The van der Waals surface area contributed by atoms with Gasteiger partial charge in [0.25, 0.3) is 5.56 Å². The summed E-state index contributed by atoms with van der Waals surface area (Å²) in [5.74, 6) is -0.0779. The number of nitrogens with zero attached hydrogens (tertiary/aromatic N) is 2. The molecule has 2 heterocycles. The third-order valence-electron chi connectivity index (χ3n) is 6.03. The van der Waals surface area contributed by atoms with Gasteiger partial charge in [0.05, 0.1) is 16.5 Å². The van der Waals surface area contributed by atoms with Gasteiger partial charge in [0, 0.05) is 18.5 Å². The summed E-state index contributed by atoms with van der Waals surface area (Å²) in [6, 6.07) is 8.55. The lowest BCUT2D eigenvalue weighted by atomic mass is 9.98. The number of fused-ring (bicyclic) bond motifs is 2. The molecular formula is C25H26N2O4. The third-order valence-corrected chi connectivity index (χ3v) is 6.03. The fraction of sp³-hybridized carbons (Fsp3) is 0.360. The predicted octanol–water partition coefficient (Wildman–Crippen LogP) is 4.09. The number of benzene rings is 2. The number of ketones is 1. The van der Waals surface area contributed by atoms with Crippen molar-refractivity contribution in [2.75, 3.05) is 6.61 Å². The Balaban J connectivity index is 1.55. The Morgan fingerprint density at radius 2 is 1.77 bits per heavy atom. The van der Waals surface area contributed by atoms with Crippen molar-refractivity contribution in [1.29, 1.82) is 0 Å². The summed E-state index contributed by atoms with van der Waals surface area (Å²) in [6.07, 6.45) is 3.80. The largest absolute Gasteiger partial charge is 0.454 e. The van der Waals surface area contributed by atoms with Crippen LogP contribution in [0.2, 0.25) is 0 Å². The summed E-state index contributed by atoms with van der Waals surface area (Å²) in [7, 11) is 0. The highest BCUT2D eigenvalue weighted by Gasteiger charge is 2.18. The van der Waals surface area contributed by atoms with Gasteiger partial charge in [0.2, 0.25) is 5.78 Å². The van der Waals surface area contributed by atoms with Crippen LogP contribution in [0.25, 0.3) is 10.9 Å². The van der Waals surface area contributed by atoms with E-state index in [4.69, 9.17) is 4.74 Å². The Morgan fingerprint density at radius 1 is 1.00 bits per heavy atom. The van der Waals surface area contributed by atoms with Gasteiger partial charge in [-0.2, -0.15) is 0 Å². The van der Waals surface area contributed by atoms with Crippen LogP contribution in [0.15, 0.2) is 35.1 Å². The van der Waals surface area contributed by atoms with Gasteiger partial charge in [-0.15, -0.1) is 0 Å². The molecule has 160 valence electrons. The Bertz CT molecular complexity index is 1260. The number of esters is 1. The van der Waals surface area contributed by atoms with Crippen LogP contribution >= 0.6 is 0 Å². The maximum Gasteiger partial charge on any atom is 0.338 e. The highest BCUT2D eigenvalue weighted by atomic mass is 16.5. The summed E-state index contributed by atoms with van der Waals surface area (Å²) in [6.45, 7) is 6.16. The van der Waals surface area contributed by atoms with Gasteiger partial charge in [-0.1, -0.05) is 12.5 Å². The second-order valence-electron chi connectivity index (χ2n) is 8.28. The van der Waals surface area contributed by atoms with Crippen LogP contribution in [-0.2, 0) is 17.7 Å². The lowest BCUT2D eigenvalue weighted by Crippen LogP contribution is -2.24. The lowest BCUT2D eigenvalue weighted by molar-refractivity contribution is 0.0474. The third kappa shape index (κ3) is 4.15. The first kappa shape index (κ1) is 21.0. The number of ether oxygens (including phenoxy) is 1. The zero-order chi connectivity index (χ0) is 22.1. The van der Waals surface area contributed by atoms with E-state index in [1.165, 1.54) is 0 Å². The molecule has 0 unspecified atom stereocenters. The van der Waals surface area contributed by atoms with E-state index in [1.807, 2.05) is 32.9 Å². The van der Waals surface area contributed by atoms with Crippen molar-refractivity contribution in [2.24, 2.45) is 0 Å². The van der Waals surface area contributed by atoms with Crippen LogP contribution in [0.1, 0.15) is 62.5 Å². The average Bonchev–Trinajstić information content (AvgIpc) is 2.99. The molecule has 6 heteroatoms. The second-order valence-corrected chi connectivity index (χ2v) is 8.28. The van der Waals surface area contributed by atoms with Crippen molar-refractivity contribution in [1.82, 2.24) is 9.55 Å². The van der Waals surface area contributed by atoms with E-state index in [0.717, 1.165) is 48.2 Å². The van der Waals surface area contributed by atoms with Crippen LogP contribution in [0.3, 0.4) is 0 Å². The Kier molecular flexibility index (Phi) is 5.72. The summed E-state index contributed by atoms with van der Waals surface area (Å²) >= 11 is 0. The molecule has 6 nitrogen and oxygen atoms in total. The van der Waals surface area contributed by atoms with Crippen LogP contribution < -0.4 is 5.56 Å². The Labute approximate surface area is 180 Å². The standard InChI is InChI=1S/C25H26N2O4/c1-15-11-17(3)20(12-16(15)2)22(28)14-31-25(30)18-8-9-19-21(13-18)26-23-7-5-4-6-10-27(23)24(19)29/h8-9,11-13H,4-7,10,14H2,1-3H3. The topological polar surface area (TPSA) is 78.3 Å². The first-order valence-electron chi connectivity index (χ1n) is 10.7. The minimum atomic E-state index is -0.603. The molecule has 0 saturated heterocycles. The van der Waals surface area contributed by atoms with Crippen LogP contribution in [-0.4, -0.2) is 27.9 Å². The van der Waals surface area contributed by atoms with E-state index < -0.39 is 5.97 Å².